The highest BCUT2D eigenvalue weighted by Crippen LogP contribution is 2.43. The van der Waals surface area contributed by atoms with E-state index in [4.69, 9.17) is 5.73 Å². The minimum Gasteiger partial charge on any atom is -0.330 e. The van der Waals surface area contributed by atoms with Gasteiger partial charge in [0.15, 0.2) is 0 Å². The van der Waals surface area contributed by atoms with E-state index in [1.165, 1.54) is 30.5 Å². The zero-order chi connectivity index (χ0) is 10.0. The Balaban J connectivity index is 2.38. The van der Waals surface area contributed by atoms with Gasteiger partial charge in [0.1, 0.15) is 0 Å². The third kappa shape index (κ3) is 1.34. The van der Waals surface area contributed by atoms with Crippen LogP contribution in [0.4, 0.5) is 0 Å². The Morgan fingerprint density at radius 2 is 2.29 bits per heavy atom. The minimum atomic E-state index is 0.215. The first-order valence-corrected chi connectivity index (χ1v) is 5.47. The molecule has 1 fully saturated rings. The smallest absolute Gasteiger partial charge is 0.0509 e. The topological polar surface area (TPSA) is 38.9 Å². The summed E-state index contributed by atoms with van der Waals surface area (Å²) in [4.78, 5) is 4.53. The van der Waals surface area contributed by atoms with Crippen LogP contribution in [0.3, 0.4) is 0 Å². The maximum atomic E-state index is 5.88. The SMILES string of the molecule is CCc1cccnc1C1(CN)CCC1. The molecule has 2 rings (SSSR count). The molecule has 0 unspecified atom stereocenters. The Hall–Kier alpha value is -0.890. The number of nitrogens with zero attached hydrogens (tertiary/aromatic N) is 1. The van der Waals surface area contributed by atoms with E-state index >= 15 is 0 Å². The number of pyridine rings is 1. The first-order valence-electron chi connectivity index (χ1n) is 5.47. The lowest BCUT2D eigenvalue weighted by atomic mass is 9.65. The van der Waals surface area contributed by atoms with E-state index in [0.717, 1.165) is 13.0 Å². The van der Waals surface area contributed by atoms with E-state index in [1.807, 2.05) is 12.3 Å². The van der Waals surface area contributed by atoms with Crippen molar-refractivity contribution in [3.8, 4) is 0 Å². The van der Waals surface area contributed by atoms with Crippen molar-refractivity contribution in [2.45, 2.75) is 38.0 Å². The van der Waals surface area contributed by atoms with Crippen molar-refractivity contribution >= 4 is 0 Å². The normalized spacial score (nSPS) is 19.0. The molecule has 1 aliphatic rings. The van der Waals surface area contributed by atoms with Crippen LogP contribution in [0.2, 0.25) is 0 Å². The van der Waals surface area contributed by atoms with Crippen LogP contribution in [0.5, 0.6) is 0 Å². The number of nitrogens with two attached hydrogens (primary N) is 1. The number of aryl methyl sites for hydroxylation is 1. The molecule has 1 heterocycles. The summed E-state index contributed by atoms with van der Waals surface area (Å²) in [5.41, 5.74) is 8.73. The molecule has 1 saturated carbocycles. The first-order chi connectivity index (χ1) is 6.82. The second-order valence-corrected chi connectivity index (χ2v) is 4.20. The van der Waals surface area contributed by atoms with Gasteiger partial charge in [0.05, 0.1) is 5.69 Å². The van der Waals surface area contributed by atoms with Gasteiger partial charge in [-0.15, -0.1) is 0 Å². The largest absolute Gasteiger partial charge is 0.330 e. The number of rotatable bonds is 3. The van der Waals surface area contributed by atoms with Crippen LogP contribution in [-0.2, 0) is 11.8 Å². The summed E-state index contributed by atoms with van der Waals surface area (Å²) in [7, 11) is 0. The molecule has 2 heteroatoms. The van der Waals surface area contributed by atoms with Crippen LogP contribution in [0, 0.1) is 0 Å². The lowest BCUT2D eigenvalue weighted by Crippen LogP contribution is -2.43. The molecule has 14 heavy (non-hydrogen) atoms. The summed E-state index contributed by atoms with van der Waals surface area (Å²) in [5, 5.41) is 0. The molecule has 0 aromatic carbocycles. The van der Waals surface area contributed by atoms with E-state index < -0.39 is 0 Å². The van der Waals surface area contributed by atoms with E-state index in [2.05, 4.69) is 18.0 Å². The molecule has 76 valence electrons. The van der Waals surface area contributed by atoms with Crippen molar-refractivity contribution in [3.05, 3.63) is 29.6 Å². The second kappa shape index (κ2) is 3.70. The molecular weight excluding hydrogens is 172 g/mol. The Morgan fingerprint density at radius 3 is 2.79 bits per heavy atom. The molecule has 0 radical (unpaired) electrons. The maximum Gasteiger partial charge on any atom is 0.0509 e. The highest BCUT2D eigenvalue weighted by Gasteiger charge is 2.39. The molecule has 0 spiro atoms. The lowest BCUT2D eigenvalue weighted by Gasteiger charge is -2.41. The fourth-order valence-electron chi connectivity index (χ4n) is 2.34. The molecule has 0 saturated heterocycles. The average molecular weight is 190 g/mol. The molecule has 0 amide bonds. The Kier molecular flexibility index (Phi) is 2.55. The summed E-state index contributed by atoms with van der Waals surface area (Å²) in [5.74, 6) is 0. The van der Waals surface area contributed by atoms with Crippen LogP contribution >= 0.6 is 0 Å². The van der Waals surface area contributed by atoms with Crippen LogP contribution in [-0.4, -0.2) is 11.5 Å². The summed E-state index contributed by atoms with van der Waals surface area (Å²) in [6.07, 6.45) is 6.69. The van der Waals surface area contributed by atoms with Gasteiger partial charge in [-0.25, -0.2) is 0 Å². The highest BCUT2D eigenvalue weighted by atomic mass is 14.8. The fraction of sp³-hybridized carbons (Fsp3) is 0.583. The zero-order valence-electron chi connectivity index (χ0n) is 8.79. The monoisotopic (exact) mass is 190 g/mol. The molecule has 1 aromatic heterocycles. The molecular formula is C12H18N2. The zero-order valence-corrected chi connectivity index (χ0v) is 8.79. The van der Waals surface area contributed by atoms with Crippen molar-refractivity contribution in [1.82, 2.24) is 4.98 Å². The van der Waals surface area contributed by atoms with Gasteiger partial charge in [-0.1, -0.05) is 19.4 Å². The van der Waals surface area contributed by atoms with Crippen molar-refractivity contribution < 1.29 is 0 Å². The van der Waals surface area contributed by atoms with Crippen LogP contribution in [0.15, 0.2) is 18.3 Å². The summed E-state index contributed by atoms with van der Waals surface area (Å²) in [6.45, 7) is 2.93. The van der Waals surface area contributed by atoms with Crippen molar-refractivity contribution in [2.24, 2.45) is 5.73 Å². The Morgan fingerprint density at radius 1 is 1.50 bits per heavy atom. The van der Waals surface area contributed by atoms with Crippen LogP contribution < -0.4 is 5.73 Å². The van der Waals surface area contributed by atoms with Crippen molar-refractivity contribution in [3.63, 3.8) is 0 Å². The molecule has 2 N–H and O–H groups in total. The average Bonchev–Trinajstić information content (AvgIpc) is 2.18. The van der Waals surface area contributed by atoms with Gasteiger partial charge in [0, 0.05) is 18.2 Å². The maximum absolute atomic E-state index is 5.88. The quantitative estimate of drug-likeness (QED) is 0.792. The molecule has 0 aliphatic heterocycles. The third-order valence-electron chi connectivity index (χ3n) is 3.48. The lowest BCUT2D eigenvalue weighted by molar-refractivity contribution is 0.244. The number of hydrogen-bond acceptors (Lipinski definition) is 2. The number of hydrogen-bond donors (Lipinski definition) is 1. The van der Waals surface area contributed by atoms with Gasteiger partial charge in [-0.2, -0.15) is 0 Å². The van der Waals surface area contributed by atoms with Gasteiger partial charge in [-0.3, -0.25) is 4.98 Å². The minimum absolute atomic E-state index is 0.215. The van der Waals surface area contributed by atoms with Crippen molar-refractivity contribution in [2.75, 3.05) is 6.54 Å². The highest BCUT2D eigenvalue weighted by molar-refractivity contribution is 5.30. The Labute approximate surface area is 85.5 Å². The molecule has 1 aromatic rings. The van der Waals surface area contributed by atoms with E-state index in [9.17, 15) is 0 Å². The Bertz CT molecular complexity index is 310. The van der Waals surface area contributed by atoms with Gasteiger partial charge in [-0.05, 0) is 30.9 Å². The molecule has 0 atom stereocenters. The standard InChI is InChI=1S/C12H18N2/c1-2-10-5-3-8-14-11(10)12(9-13)6-4-7-12/h3,5,8H,2,4,6-7,9,13H2,1H3. The van der Waals surface area contributed by atoms with E-state index in [0.29, 0.717) is 0 Å². The van der Waals surface area contributed by atoms with E-state index in [-0.39, 0.29) is 5.41 Å². The third-order valence-corrected chi connectivity index (χ3v) is 3.48. The molecule has 1 aliphatic carbocycles. The summed E-state index contributed by atoms with van der Waals surface area (Å²) < 4.78 is 0. The summed E-state index contributed by atoms with van der Waals surface area (Å²) in [6, 6.07) is 4.20. The van der Waals surface area contributed by atoms with Gasteiger partial charge >= 0.3 is 0 Å². The predicted octanol–water partition coefficient (Wildman–Crippen LogP) is 2.02. The van der Waals surface area contributed by atoms with E-state index in [1.54, 1.807) is 0 Å². The fourth-order valence-corrected chi connectivity index (χ4v) is 2.34. The van der Waals surface area contributed by atoms with Crippen molar-refractivity contribution in [1.29, 1.82) is 0 Å². The summed E-state index contributed by atoms with van der Waals surface area (Å²) >= 11 is 0. The van der Waals surface area contributed by atoms with Gasteiger partial charge < -0.3 is 5.73 Å². The van der Waals surface area contributed by atoms with Gasteiger partial charge in [0.25, 0.3) is 0 Å². The predicted molar refractivity (Wildman–Crippen MR) is 58.2 cm³/mol. The number of aromatic nitrogens is 1. The molecule has 0 bridgehead atoms. The van der Waals surface area contributed by atoms with Crippen LogP contribution in [0.1, 0.15) is 37.4 Å². The second-order valence-electron chi connectivity index (χ2n) is 4.20. The van der Waals surface area contributed by atoms with Gasteiger partial charge in [0.2, 0.25) is 0 Å². The first kappa shape index (κ1) is 9.66. The molecule has 2 nitrogen and oxygen atoms in total. The van der Waals surface area contributed by atoms with Crippen LogP contribution in [0.25, 0.3) is 0 Å².